The van der Waals surface area contributed by atoms with E-state index in [1.54, 1.807) is 0 Å². The molecule has 0 amide bonds. The van der Waals surface area contributed by atoms with Gasteiger partial charge in [-0.2, -0.15) is 0 Å². The minimum absolute atomic E-state index is 0.369. The van der Waals surface area contributed by atoms with Gasteiger partial charge in [0.15, 0.2) is 0 Å². The molecule has 0 aromatic carbocycles. The highest BCUT2D eigenvalue weighted by molar-refractivity contribution is 5.07. The molecule has 1 saturated heterocycles. The van der Waals surface area contributed by atoms with Gasteiger partial charge in [0.1, 0.15) is 6.10 Å². The molecule has 1 fully saturated rings. The molecule has 0 saturated carbocycles. The Labute approximate surface area is 67.9 Å². The highest BCUT2D eigenvalue weighted by atomic mass is 16.5. The van der Waals surface area contributed by atoms with E-state index >= 15 is 0 Å². The molecular weight excluding hydrogens is 140 g/mol. The number of rotatable bonds is 2. The highest BCUT2D eigenvalue weighted by Crippen LogP contribution is 2.31. The molecule has 1 aliphatic heterocycles. The minimum Gasteiger partial charge on any atom is -0.386 e. The van der Waals surface area contributed by atoms with Gasteiger partial charge in [-0.15, -0.1) is 0 Å². The van der Waals surface area contributed by atoms with Crippen molar-refractivity contribution in [3.63, 3.8) is 0 Å². The Morgan fingerprint density at radius 2 is 2.36 bits per heavy atom. The molecular formula is C9H16O2. The lowest BCUT2D eigenvalue weighted by Crippen LogP contribution is -2.39. The van der Waals surface area contributed by atoms with E-state index in [4.69, 9.17) is 4.74 Å². The second-order valence-electron chi connectivity index (χ2n) is 3.51. The molecule has 1 N–H and O–H groups in total. The summed E-state index contributed by atoms with van der Waals surface area (Å²) in [6, 6.07) is 0. The first-order valence-electron chi connectivity index (χ1n) is 4.04. The third-order valence-electron chi connectivity index (χ3n) is 2.29. The van der Waals surface area contributed by atoms with Crippen molar-refractivity contribution in [3.8, 4) is 0 Å². The van der Waals surface area contributed by atoms with Crippen molar-refractivity contribution in [1.29, 1.82) is 0 Å². The predicted octanol–water partition coefficient (Wildman–Crippen LogP) is 1.49. The van der Waals surface area contributed by atoms with Gasteiger partial charge < -0.3 is 9.84 Å². The molecule has 0 radical (unpaired) electrons. The zero-order valence-corrected chi connectivity index (χ0v) is 7.26. The fourth-order valence-corrected chi connectivity index (χ4v) is 1.54. The van der Waals surface area contributed by atoms with Crippen LogP contribution in [0.15, 0.2) is 12.2 Å². The van der Waals surface area contributed by atoms with Crippen LogP contribution in [0.4, 0.5) is 0 Å². The lowest BCUT2D eigenvalue weighted by Gasteiger charge is -2.29. The van der Waals surface area contributed by atoms with Gasteiger partial charge >= 0.3 is 0 Å². The van der Waals surface area contributed by atoms with E-state index in [9.17, 15) is 5.11 Å². The topological polar surface area (TPSA) is 29.5 Å². The summed E-state index contributed by atoms with van der Waals surface area (Å²) >= 11 is 0. The maximum atomic E-state index is 9.66. The van der Waals surface area contributed by atoms with E-state index in [0.717, 1.165) is 25.0 Å². The lowest BCUT2D eigenvalue weighted by molar-refractivity contribution is -0.0612. The Hall–Kier alpha value is -0.340. The molecule has 2 unspecified atom stereocenters. The smallest absolute Gasteiger partial charge is 0.103 e. The van der Waals surface area contributed by atoms with Crippen molar-refractivity contribution in [2.45, 2.75) is 38.4 Å². The Bertz CT molecular complexity index is 157. The molecule has 11 heavy (non-hydrogen) atoms. The van der Waals surface area contributed by atoms with E-state index in [1.165, 1.54) is 0 Å². The van der Waals surface area contributed by atoms with Crippen LogP contribution in [0.1, 0.15) is 26.7 Å². The summed E-state index contributed by atoms with van der Waals surface area (Å²) in [5, 5.41) is 9.66. The average Bonchev–Trinajstić information content (AvgIpc) is 2.35. The van der Waals surface area contributed by atoms with Gasteiger partial charge in [0.25, 0.3) is 0 Å². The first-order chi connectivity index (χ1) is 5.06. The van der Waals surface area contributed by atoms with E-state index in [0.29, 0.717) is 0 Å². The monoisotopic (exact) mass is 156 g/mol. The summed E-state index contributed by atoms with van der Waals surface area (Å²) < 4.78 is 5.45. The second-order valence-corrected chi connectivity index (χ2v) is 3.51. The van der Waals surface area contributed by atoms with Crippen LogP contribution in [0.2, 0.25) is 0 Å². The highest BCUT2D eigenvalue weighted by Gasteiger charge is 2.37. The SMILES string of the molecule is C=C(C)C(O)C1(C)CCCO1. The summed E-state index contributed by atoms with van der Waals surface area (Å²) in [6.07, 6.45) is 1.46. The molecule has 2 nitrogen and oxygen atoms in total. The van der Waals surface area contributed by atoms with Crippen LogP contribution in [-0.2, 0) is 4.74 Å². The van der Waals surface area contributed by atoms with Gasteiger partial charge in [0.05, 0.1) is 5.60 Å². The van der Waals surface area contributed by atoms with Crippen molar-refractivity contribution < 1.29 is 9.84 Å². The van der Waals surface area contributed by atoms with Crippen LogP contribution in [0.3, 0.4) is 0 Å². The number of aliphatic hydroxyl groups excluding tert-OH is 1. The first kappa shape index (κ1) is 8.75. The van der Waals surface area contributed by atoms with Gasteiger partial charge in [-0.3, -0.25) is 0 Å². The number of hydrogen-bond donors (Lipinski definition) is 1. The van der Waals surface area contributed by atoms with Crippen LogP contribution in [0, 0.1) is 0 Å². The third-order valence-corrected chi connectivity index (χ3v) is 2.29. The molecule has 64 valence electrons. The summed E-state index contributed by atoms with van der Waals surface area (Å²) in [5.74, 6) is 0. The van der Waals surface area contributed by atoms with Gasteiger partial charge in [-0.25, -0.2) is 0 Å². The van der Waals surface area contributed by atoms with Crippen molar-refractivity contribution >= 4 is 0 Å². The fourth-order valence-electron chi connectivity index (χ4n) is 1.54. The van der Waals surface area contributed by atoms with Crippen LogP contribution < -0.4 is 0 Å². The van der Waals surface area contributed by atoms with Crippen LogP contribution >= 0.6 is 0 Å². The van der Waals surface area contributed by atoms with E-state index in [-0.39, 0.29) is 5.60 Å². The van der Waals surface area contributed by atoms with Crippen molar-refractivity contribution in [3.05, 3.63) is 12.2 Å². The molecule has 0 bridgehead atoms. The number of ether oxygens (including phenoxy) is 1. The molecule has 2 atom stereocenters. The molecule has 0 spiro atoms. The minimum atomic E-state index is -0.509. The summed E-state index contributed by atoms with van der Waals surface area (Å²) in [4.78, 5) is 0. The quantitative estimate of drug-likeness (QED) is 0.614. The molecule has 1 rings (SSSR count). The standard InChI is InChI=1S/C9H16O2/c1-7(2)8(10)9(3)5-4-6-11-9/h8,10H,1,4-6H2,2-3H3. The van der Waals surface area contributed by atoms with Gasteiger partial charge in [-0.05, 0) is 32.3 Å². The third kappa shape index (κ3) is 1.63. The van der Waals surface area contributed by atoms with Crippen LogP contribution in [0.5, 0.6) is 0 Å². The summed E-state index contributed by atoms with van der Waals surface area (Å²) in [7, 11) is 0. The molecule has 0 aliphatic carbocycles. The molecule has 2 heteroatoms. The maximum Gasteiger partial charge on any atom is 0.103 e. The molecule has 1 heterocycles. The van der Waals surface area contributed by atoms with E-state index in [2.05, 4.69) is 6.58 Å². The zero-order chi connectivity index (χ0) is 8.48. The molecule has 1 aliphatic rings. The lowest BCUT2D eigenvalue weighted by atomic mass is 9.91. The van der Waals surface area contributed by atoms with Gasteiger partial charge in [-0.1, -0.05) is 6.58 Å². The Morgan fingerprint density at radius 1 is 1.73 bits per heavy atom. The van der Waals surface area contributed by atoms with Crippen molar-refractivity contribution in [2.75, 3.05) is 6.61 Å². The summed E-state index contributed by atoms with van der Waals surface area (Å²) in [5.41, 5.74) is 0.417. The predicted molar refractivity (Wildman–Crippen MR) is 44.4 cm³/mol. The average molecular weight is 156 g/mol. The second kappa shape index (κ2) is 2.95. The van der Waals surface area contributed by atoms with Gasteiger partial charge in [0.2, 0.25) is 0 Å². The van der Waals surface area contributed by atoms with Crippen molar-refractivity contribution in [2.24, 2.45) is 0 Å². The Morgan fingerprint density at radius 3 is 2.73 bits per heavy atom. The van der Waals surface area contributed by atoms with Crippen LogP contribution in [-0.4, -0.2) is 23.4 Å². The van der Waals surface area contributed by atoms with Crippen LogP contribution in [0.25, 0.3) is 0 Å². The number of hydrogen-bond acceptors (Lipinski definition) is 2. The Balaban J connectivity index is 2.63. The maximum absolute atomic E-state index is 9.66. The Kier molecular flexibility index (Phi) is 2.35. The van der Waals surface area contributed by atoms with E-state index < -0.39 is 6.10 Å². The largest absolute Gasteiger partial charge is 0.386 e. The zero-order valence-electron chi connectivity index (χ0n) is 7.26. The normalized spacial score (nSPS) is 33.7. The first-order valence-corrected chi connectivity index (χ1v) is 4.04. The molecule has 0 aromatic heterocycles. The van der Waals surface area contributed by atoms with Crippen molar-refractivity contribution in [1.82, 2.24) is 0 Å². The van der Waals surface area contributed by atoms with Gasteiger partial charge in [0, 0.05) is 6.61 Å². The number of aliphatic hydroxyl groups is 1. The fraction of sp³-hybridized carbons (Fsp3) is 0.778. The van der Waals surface area contributed by atoms with E-state index in [1.807, 2.05) is 13.8 Å². The summed E-state index contributed by atoms with van der Waals surface area (Å²) in [6.45, 7) is 8.25. The molecule has 0 aromatic rings.